The third kappa shape index (κ3) is 5.49. The van der Waals surface area contributed by atoms with E-state index in [1.807, 2.05) is 13.8 Å². The Hall–Kier alpha value is -1.10. The van der Waals surface area contributed by atoms with E-state index in [4.69, 9.17) is 5.73 Å². The monoisotopic (exact) mass is 255 g/mol. The van der Waals surface area contributed by atoms with Crippen LogP contribution in [-0.4, -0.2) is 30.4 Å². The Morgan fingerprint density at radius 2 is 1.89 bits per heavy atom. The first-order valence-corrected chi connectivity index (χ1v) is 6.80. The Morgan fingerprint density at radius 3 is 2.50 bits per heavy atom. The molecule has 4 N–H and O–H groups in total. The van der Waals surface area contributed by atoms with Gasteiger partial charge in [-0.15, -0.1) is 0 Å². The summed E-state index contributed by atoms with van der Waals surface area (Å²) in [5.41, 5.74) is 5.99. The van der Waals surface area contributed by atoms with Crippen LogP contribution in [0.2, 0.25) is 0 Å². The summed E-state index contributed by atoms with van der Waals surface area (Å²) in [5.74, 6) is 0.0504. The first kappa shape index (κ1) is 15.0. The second-order valence-electron chi connectivity index (χ2n) is 5.41. The van der Waals surface area contributed by atoms with Crippen molar-refractivity contribution in [3.05, 3.63) is 0 Å². The molecule has 0 aliphatic heterocycles. The third-order valence-corrected chi connectivity index (χ3v) is 3.31. The van der Waals surface area contributed by atoms with Gasteiger partial charge in [-0.2, -0.15) is 0 Å². The maximum atomic E-state index is 11.7. The zero-order valence-corrected chi connectivity index (χ0v) is 11.4. The number of nitrogens with two attached hydrogens (primary N) is 1. The number of nitrogens with one attached hydrogen (secondary N) is 2. The van der Waals surface area contributed by atoms with E-state index in [-0.39, 0.29) is 36.4 Å². The fraction of sp³-hybridized carbons (Fsp3) is 0.846. The van der Waals surface area contributed by atoms with Gasteiger partial charge in [0.15, 0.2) is 0 Å². The fourth-order valence-corrected chi connectivity index (χ4v) is 2.35. The van der Waals surface area contributed by atoms with Gasteiger partial charge in [0.2, 0.25) is 11.8 Å². The first-order chi connectivity index (χ1) is 8.49. The van der Waals surface area contributed by atoms with Crippen molar-refractivity contribution in [2.24, 2.45) is 11.7 Å². The van der Waals surface area contributed by atoms with E-state index in [9.17, 15) is 9.59 Å². The summed E-state index contributed by atoms with van der Waals surface area (Å²) in [6, 6.07) is 0.232. The maximum Gasteiger partial charge on any atom is 0.239 e. The molecule has 1 fully saturated rings. The Kier molecular flexibility index (Phi) is 6.12. The summed E-state index contributed by atoms with van der Waals surface area (Å²) in [6.45, 7) is 3.83. The lowest BCUT2D eigenvalue weighted by atomic mass is 9.83. The lowest BCUT2D eigenvalue weighted by Gasteiger charge is -2.27. The highest BCUT2D eigenvalue weighted by Crippen LogP contribution is 2.25. The molecule has 0 aromatic carbocycles. The van der Waals surface area contributed by atoms with Crippen molar-refractivity contribution in [2.75, 3.05) is 6.54 Å². The molecule has 1 rings (SSSR count). The van der Waals surface area contributed by atoms with Gasteiger partial charge < -0.3 is 16.4 Å². The fourth-order valence-electron chi connectivity index (χ4n) is 2.35. The second-order valence-corrected chi connectivity index (χ2v) is 5.41. The van der Waals surface area contributed by atoms with Crippen molar-refractivity contribution < 1.29 is 9.59 Å². The predicted octanol–water partition coefficient (Wildman–Crippen LogP) is 0.535. The van der Waals surface area contributed by atoms with Crippen LogP contribution in [0.15, 0.2) is 0 Å². The topological polar surface area (TPSA) is 84.2 Å². The van der Waals surface area contributed by atoms with E-state index in [1.54, 1.807) is 0 Å². The molecule has 5 heteroatoms. The standard InChI is InChI=1S/C13H25N3O2/c1-9(2)16-13(18)8-15-12(17)7-10-5-3-4-6-11(10)14/h9-11H,3-8,14H2,1-2H3,(H,15,17)(H,16,18). The van der Waals surface area contributed by atoms with Gasteiger partial charge in [-0.1, -0.05) is 12.8 Å². The average Bonchev–Trinajstić information content (AvgIpc) is 2.29. The van der Waals surface area contributed by atoms with Gasteiger partial charge in [-0.25, -0.2) is 0 Å². The molecule has 1 aliphatic carbocycles. The number of rotatable bonds is 5. The third-order valence-electron chi connectivity index (χ3n) is 3.31. The molecule has 0 saturated heterocycles. The minimum absolute atomic E-state index is 0.0545. The summed E-state index contributed by atoms with van der Waals surface area (Å²) < 4.78 is 0. The van der Waals surface area contributed by atoms with Crippen LogP contribution >= 0.6 is 0 Å². The van der Waals surface area contributed by atoms with Crippen LogP contribution in [0.5, 0.6) is 0 Å². The summed E-state index contributed by atoms with van der Waals surface area (Å²) in [4.78, 5) is 23.1. The smallest absolute Gasteiger partial charge is 0.239 e. The summed E-state index contributed by atoms with van der Waals surface area (Å²) in [5, 5.41) is 5.38. The lowest BCUT2D eigenvalue weighted by molar-refractivity contribution is -0.127. The van der Waals surface area contributed by atoms with Crippen LogP contribution in [0.25, 0.3) is 0 Å². The van der Waals surface area contributed by atoms with Crippen LogP contribution in [0.4, 0.5) is 0 Å². The van der Waals surface area contributed by atoms with E-state index in [2.05, 4.69) is 10.6 Å². The molecule has 104 valence electrons. The maximum absolute atomic E-state index is 11.7. The highest BCUT2D eigenvalue weighted by atomic mass is 16.2. The molecule has 1 aliphatic rings. The molecule has 2 unspecified atom stereocenters. The van der Waals surface area contributed by atoms with Crippen molar-refractivity contribution >= 4 is 11.8 Å². The van der Waals surface area contributed by atoms with E-state index in [1.165, 1.54) is 0 Å². The molecule has 0 aromatic rings. The van der Waals surface area contributed by atoms with Gasteiger partial charge in [0.1, 0.15) is 0 Å². The molecule has 1 saturated carbocycles. The average molecular weight is 255 g/mol. The normalized spacial score (nSPS) is 23.8. The van der Waals surface area contributed by atoms with Gasteiger partial charge in [-0.3, -0.25) is 9.59 Å². The highest BCUT2D eigenvalue weighted by Gasteiger charge is 2.24. The number of hydrogen-bond donors (Lipinski definition) is 3. The molecule has 0 spiro atoms. The van der Waals surface area contributed by atoms with Gasteiger partial charge >= 0.3 is 0 Å². The van der Waals surface area contributed by atoms with Gasteiger partial charge in [0.25, 0.3) is 0 Å². The molecule has 2 atom stereocenters. The first-order valence-electron chi connectivity index (χ1n) is 6.80. The minimum Gasteiger partial charge on any atom is -0.352 e. The van der Waals surface area contributed by atoms with Crippen LogP contribution in [0.3, 0.4) is 0 Å². The molecule has 0 bridgehead atoms. The molecule has 5 nitrogen and oxygen atoms in total. The van der Waals surface area contributed by atoms with Gasteiger partial charge in [-0.05, 0) is 32.6 Å². The summed E-state index contributed by atoms with van der Waals surface area (Å²) in [6.07, 6.45) is 4.78. The van der Waals surface area contributed by atoms with E-state index >= 15 is 0 Å². The zero-order chi connectivity index (χ0) is 13.5. The van der Waals surface area contributed by atoms with Crippen LogP contribution in [0, 0.1) is 5.92 Å². The van der Waals surface area contributed by atoms with E-state index in [0.717, 1.165) is 25.7 Å². The molecule has 18 heavy (non-hydrogen) atoms. The molecule has 2 amide bonds. The minimum atomic E-state index is -0.147. The quantitative estimate of drug-likeness (QED) is 0.670. The number of carbonyl (C=O) groups is 2. The Balaban J connectivity index is 2.22. The zero-order valence-electron chi connectivity index (χ0n) is 11.4. The van der Waals surface area contributed by atoms with E-state index < -0.39 is 0 Å². The number of amides is 2. The molecular weight excluding hydrogens is 230 g/mol. The van der Waals surface area contributed by atoms with Crippen LogP contribution in [-0.2, 0) is 9.59 Å². The Bertz CT molecular complexity index is 292. The second kappa shape index (κ2) is 7.36. The van der Waals surface area contributed by atoms with Crippen molar-refractivity contribution in [1.29, 1.82) is 0 Å². The number of hydrogen-bond acceptors (Lipinski definition) is 3. The molecule has 0 heterocycles. The van der Waals surface area contributed by atoms with Crippen molar-refractivity contribution in [3.63, 3.8) is 0 Å². The van der Waals surface area contributed by atoms with Crippen molar-refractivity contribution in [3.8, 4) is 0 Å². The summed E-state index contributed by atoms with van der Waals surface area (Å²) >= 11 is 0. The van der Waals surface area contributed by atoms with Crippen LogP contribution in [0.1, 0.15) is 46.0 Å². The highest BCUT2D eigenvalue weighted by molar-refractivity contribution is 5.84. The van der Waals surface area contributed by atoms with Crippen LogP contribution < -0.4 is 16.4 Å². The predicted molar refractivity (Wildman–Crippen MR) is 70.8 cm³/mol. The van der Waals surface area contributed by atoms with Gasteiger partial charge in [0.05, 0.1) is 6.54 Å². The van der Waals surface area contributed by atoms with Crippen molar-refractivity contribution in [1.82, 2.24) is 10.6 Å². The molecular formula is C13H25N3O2. The summed E-state index contributed by atoms with van der Waals surface area (Å²) in [7, 11) is 0. The SMILES string of the molecule is CC(C)NC(=O)CNC(=O)CC1CCCCC1N. The lowest BCUT2D eigenvalue weighted by Crippen LogP contribution is -2.42. The molecule has 0 radical (unpaired) electrons. The van der Waals surface area contributed by atoms with Crippen molar-refractivity contribution in [2.45, 2.75) is 58.0 Å². The Labute approximate surface area is 109 Å². The molecule has 0 aromatic heterocycles. The Morgan fingerprint density at radius 1 is 1.22 bits per heavy atom. The van der Waals surface area contributed by atoms with Gasteiger partial charge in [0, 0.05) is 18.5 Å². The number of carbonyl (C=O) groups excluding carboxylic acids is 2. The van der Waals surface area contributed by atoms with E-state index in [0.29, 0.717) is 6.42 Å². The largest absolute Gasteiger partial charge is 0.352 e.